The second-order valence-electron chi connectivity index (χ2n) is 11.2. The highest BCUT2D eigenvalue weighted by atomic mass is 16.4. The fourth-order valence-corrected chi connectivity index (χ4v) is 8.78. The van der Waals surface area contributed by atoms with Crippen LogP contribution in [0.15, 0.2) is 0 Å². The van der Waals surface area contributed by atoms with Crippen LogP contribution >= 0.6 is 0 Å². The molecule has 0 saturated heterocycles. The number of hydrogen-bond donors (Lipinski definition) is 2. The van der Waals surface area contributed by atoms with Crippen LogP contribution in [0.2, 0.25) is 0 Å². The lowest BCUT2D eigenvalue weighted by atomic mass is 9.44. The minimum atomic E-state index is -0.663. The van der Waals surface area contributed by atoms with Gasteiger partial charge >= 0.3 is 5.97 Å². The quantitative estimate of drug-likeness (QED) is 0.680. The Morgan fingerprint density at radius 1 is 1.04 bits per heavy atom. The van der Waals surface area contributed by atoms with Gasteiger partial charge in [-0.05, 0) is 97.7 Å². The first kappa shape index (κ1) is 19.7. The summed E-state index contributed by atoms with van der Waals surface area (Å²) in [6.07, 6.45) is 12.5. The summed E-state index contributed by atoms with van der Waals surface area (Å²) in [5.41, 5.74) is 0.758. The molecule has 154 valence electrons. The average Bonchev–Trinajstić information content (AvgIpc) is 2.97. The van der Waals surface area contributed by atoms with E-state index in [9.17, 15) is 9.90 Å². The fourth-order valence-electron chi connectivity index (χ4n) is 8.78. The summed E-state index contributed by atoms with van der Waals surface area (Å²) in [7, 11) is 0. The summed E-state index contributed by atoms with van der Waals surface area (Å²) in [6.45, 7) is 7.33. The highest BCUT2D eigenvalue weighted by Gasteiger charge is 2.62. The number of aliphatic hydroxyl groups is 1. The molecule has 4 aliphatic carbocycles. The van der Waals surface area contributed by atoms with E-state index < -0.39 is 5.97 Å². The molecule has 3 nitrogen and oxygen atoms in total. The van der Waals surface area contributed by atoms with Gasteiger partial charge in [0.2, 0.25) is 0 Å². The zero-order chi connectivity index (χ0) is 19.4. The van der Waals surface area contributed by atoms with Crippen molar-refractivity contribution in [2.24, 2.45) is 46.3 Å². The predicted molar refractivity (Wildman–Crippen MR) is 107 cm³/mol. The molecule has 4 fully saturated rings. The van der Waals surface area contributed by atoms with Gasteiger partial charge in [-0.15, -0.1) is 0 Å². The second kappa shape index (κ2) is 7.04. The van der Waals surface area contributed by atoms with Crippen LogP contribution in [-0.4, -0.2) is 22.3 Å². The maximum Gasteiger partial charge on any atom is 0.303 e. The SMILES string of the molecule is C[C@H](CCC(=O)O)C1CCC2[C@H]3C(CC[C@@]21C)[C@@]1(C)CCCCC1C[C@@H]3O. The smallest absolute Gasteiger partial charge is 0.303 e. The Hall–Kier alpha value is -0.570. The minimum absolute atomic E-state index is 0.108. The third-order valence-electron chi connectivity index (χ3n) is 10.2. The van der Waals surface area contributed by atoms with Crippen LogP contribution in [0.4, 0.5) is 0 Å². The van der Waals surface area contributed by atoms with Gasteiger partial charge in [0.1, 0.15) is 0 Å². The molecule has 4 unspecified atom stereocenters. The first-order chi connectivity index (χ1) is 12.8. The normalized spacial score (nSPS) is 50.4. The van der Waals surface area contributed by atoms with Crippen molar-refractivity contribution in [1.82, 2.24) is 0 Å². The number of carboxylic acid groups (broad SMARTS) is 1. The average molecular weight is 377 g/mol. The fraction of sp³-hybridized carbons (Fsp3) is 0.958. The van der Waals surface area contributed by atoms with Crippen molar-refractivity contribution in [3.63, 3.8) is 0 Å². The van der Waals surface area contributed by atoms with E-state index >= 15 is 0 Å². The molecule has 2 N–H and O–H groups in total. The Labute approximate surface area is 165 Å². The molecule has 0 aliphatic heterocycles. The monoisotopic (exact) mass is 376 g/mol. The number of aliphatic hydroxyl groups excluding tert-OH is 1. The predicted octanol–water partition coefficient (Wildman–Crippen LogP) is 5.51. The van der Waals surface area contributed by atoms with Crippen molar-refractivity contribution >= 4 is 5.97 Å². The lowest BCUT2D eigenvalue weighted by molar-refractivity contribution is -0.164. The summed E-state index contributed by atoms with van der Waals surface area (Å²) in [4.78, 5) is 11.0. The summed E-state index contributed by atoms with van der Waals surface area (Å²) >= 11 is 0. The lowest BCUT2D eigenvalue weighted by Gasteiger charge is -2.62. The maximum atomic E-state index is 11.2. The van der Waals surface area contributed by atoms with Crippen LogP contribution in [0.3, 0.4) is 0 Å². The number of hydrogen-bond acceptors (Lipinski definition) is 2. The summed E-state index contributed by atoms with van der Waals surface area (Å²) in [5, 5.41) is 20.3. The number of carboxylic acids is 1. The van der Waals surface area contributed by atoms with E-state index in [1.165, 1.54) is 51.4 Å². The standard InChI is InChI=1S/C24H40O3/c1-15(7-10-21(26)27)17-8-9-18-22-19(11-13-24(17,18)3)23(2)12-5-4-6-16(23)14-20(22)25/h15-20,22,25H,4-14H2,1-3H3,(H,26,27)/t15-,16?,17?,18?,19?,20+,22+,23+,24-/m1/s1. The maximum absolute atomic E-state index is 11.2. The molecule has 0 aromatic rings. The number of carbonyl (C=O) groups is 1. The van der Waals surface area contributed by atoms with Crippen LogP contribution in [0.5, 0.6) is 0 Å². The molecule has 0 heterocycles. The zero-order valence-corrected chi connectivity index (χ0v) is 17.6. The van der Waals surface area contributed by atoms with Gasteiger partial charge in [-0.1, -0.05) is 33.6 Å². The molecule has 9 atom stereocenters. The van der Waals surface area contributed by atoms with Crippen LogP contribution in [0.1, 0.15) is 91.4 Å². The molecule has 0 aromatic carbocycles. The Morgan fingerprint density at radius 3 is 2.52 bits per heavy atom. The van der Waals surface area contributed by atoms with Crippen LogP contribution in [0, 0.1) is 46.3 Å². The summed E-state index contributed by atoms with van der Waals surface area (Å²) < 4.78 is 0. The highest BCUT2D eigenvalue weighted by molar-refractivity contribution is 5.66. The van der Waals surface area contributed by atoms with Crippen molar-refractivity contribution in [3.05, 3.63) is 0 Å². The molecule has 0 aromatic heterocycles. The van der Waals surface area contributed by atoms with E-state index in [1.54, 1.807) is 0 Å². The molecule has 0 spiro atoms. The Morgan fingerprint density at radius 2 is 1.78 bits per heavy atom. The Bertz CT molecular complexity index is 574. The summed E-state index contributed by atoms with van der Waals surface area (Å²) in [5.74, 6) is 3.02. The Balaban J connectivity index is 1.56. The van der Waals surface area contributed by atoms with E-state index in [0.717, 1.165) is 18.8 Å². The minimum Gasteiger partial charge on any atom is -0.481 e. The van der Waals surface area contributed by atoms with Crippen molar-refractivity contribution in [2.75, 3.05) is 0 Å². The highest BCUT2D eigenvalue weighted by Crippen LogP contribution is 2.68. The number of aliphatic carboxylic acids is 1. The van der Waals surface area contributed by atoms with Gasteiger partial charge < -0.3 is 10.2 Å². The molecule has 4 rings (SSSR count). The van der Waals surface area contributed by atoms with E-state index in [4.69, 9.17) is 5.11 Å². The van der Waals surface area contributed by atoms with Gasteiger partial charge in [-0.3, -0.25) is 4.79 Å². The molecule has 0 amide bonds. The molecule has 0 bridgehead atoms. The molecule has 27 heavy (non-hydrogen) atoms. The first-order valence-electron chi connectivity index (χ1n) is 11.7. The third-order valence-corrected chi connectivity index (χ3v) is 10.2. The molecule has 4 aliphatic rings. The third kappa shape index (κ3) is 3.07. The van der Waals surface area contributed by atoms with E-state index in [-0.39, 0.29) is 6.10 Å². The molecule has 0 radical (unpaired) electrons. The van der Waals surface area contributed by atoms with E-state index in [2.05, 4.69) is 20.8 Å². The number of rotatable bonds is 4. The van der Waals surface area contributed by atoms with Crippen molar-refractivity contribution in [2.45, 2.75) is 97.5 Å². The Kier molecular flexibility index (Phi) is 5.15. The topological polar surface area (TPSA) is 57.5 Å². The molecular weight excluding hydrogens is 336 g/mol. The largest absolute Gasteiger partial charge is 0.481 e. The molecular formula is C24H40O3. The van der Waals surface area contributed by atoms with Gasteiger partial charge in [0.05, 0.1) is 6.10 Å². The van der Waals surface area contributed by atoms with Crippen LogP contribution < -0.4 is 0 Å². The van der Waals surface area contributed by atoms with Gasteiger partial charge in [0.25, 0.3) is 0 Å². The van der Waals surface area contributed by atoms with E-state index in [1.807, 2.05) is 0 Å². The first-order valence-corrected chi connectivity index (χ1v) is 11.7. The van der Waals surface area contributed by atoms with Crippen molar-refractivity contribution in [3.8, 4) is 0 Å². The van der Waals surface area contributed by atoms with Crippen LogP contribution in [-0.2, 0) is 4.79 Å². The van der Waals surface area contributed by atoms with Crippen molar-refractivity contribution < 1.29 is 15.0 Å². The van der Waals surface area contributed by atoms with Crippen molar-refractivity contribution in [1.29, 1.82) is 0 Å². The number of fused-ring (bicyclic) bond motifs is 5. The molecule has 3 heteroatoms. The van der Waals surface area contributed by atoms with E-state index in [0.29, 0.717) is 46.8 Å². The van der Waals surface area contributed by atoms with Gasteiger partial charge in [-0.2, -0.15) is 0 Å². The molecule has 4 saturated carbocycles. The lowest BCUT2D eigenvalue weighted by Crippen LogP contribution is -2.57. The van der Waals surface area contributed by atoms with Crippen LogP contribution in [0.25, 0.3) is 0 Å². The zero-order valence-electron chi connectivity index (χ0n) is 17.6. The second-order valence-corrected chi connectivity index (χ2v) is 11.2. The van der Waals surface area contributed by atoms with Gasteiger partial charge in [-0.25, -0.2) is 0 Å². The van der Waals surface area contributed by atoms with Gasteiger partial charge in [0, 0.05) is 6.42 Å². The summed E-state index contributed by atoms with van der Waals surface area (Å²) in [6, 6.07) is 0. The van der Waals surface area contributed by atoms with Gasteiger partial charge in [0.15, 0.2) is 0 Å².